The molecule has 9 heteroatoms. The molecule has 120 valence electrons. The summed E-state index contributed by atoms with van der Waals surface area (Å²) in [4.78, 5) is 11.4. The summed E-state index contributed by atoms with van der Waals surface area (Å²) in [6, 6.07) is 4.92. The molecule has 0 amide bonds. The van der Waals surface area contributed by atoms with Crippen molar-refractivity contribution in [3.63, 3.8) is 0 Å². The quantitative estimate of drug-likeness (QED) is 0.785. The smallest absolute Gasteiger partial charge is 0.493 e. The van der Waals surface area contributed by atoms with E-state index >= 15 is 0 Å². The van der Waals surface area contributed by atoms with Gasteiger partial charge in [0.05, 0.1) is 18.1 Å². The Hall–Kier alpha value is -2.03. The third-order valence-electron chi connectivity index (χ3n) is 2.51. The third-order valence-corrected chi connectivity index (χ3v) is 3.21. The maximum atomic E-state index is 12.3. The maximum Gasteiger partial charge on any atom is 0.508 e. The Morgan fingerprint density at radius 2 is 2.00 bits per heavy atom. The molecule has 2 rings (SSSR count). The number of halogens is 3. The lowest BCUT2D eigenvalue weighted by Crippen LogP contribution is -2.21. The normalized spacial score (nSPS) is 13.1. The molecule has 1 aromatic carbocycles. The number of alkyl halides is 3. The Balaban J connectivity index is 2.42. The minimum Gasteiger partial charge on any atom is -0.493 e. The first kappa shape index (κ1) is 16.3. The topological polar surface area (TPSA) is 65.7 Å². The van der Waals surface area contributed by atoms with Crippen LogP contribution in [0.15, 0.2) is 33.5 Å². The summed E-state index contributed by atoms with van der Waals surface area (Å²) in [6.07, 6.45) is 0.760. The lowest BCUT2D eigenvalue weighted by atomic mass is 10.2. The number of hydrogen-bond acceptors (Lipinski definition) is 5. The SMILES string of the molecule is CCCOc1ccc2c(OS(=O)C(F)(F)F)cc(=O)oc2c1. The van der Waals surface area contributed by atoms with Crippen molar-refractivity contribution < 1.29 is 30.7 Å². The summed E-state index contributed by atoms with van der Waals surface area (Å²) in [7, 11) is 0. The number of benzene rings is 1. The molecule has 0 aliphatic rings. The van der Waals surface area contributed by atoms with Gasteiger partial charge in [0.2, 0.25) is 0 Å². The molecule has 0 aliphatic carbocycles. The second-order valence-corrected chi connectivity index (χ2v) is 5.30. The van der Waals surface area contributed by atoms with Crippen molar-refractivity contribution in [2.75, 3.05) is 6.61 Å². The minimum absolute atomic E-state index is 0.0183. The molecule has 1 atom stereocenters. The van der Waals surface area contributed by atoms with Gasteiger partial charge in [0.1, 0.15) is 11.3 Å². The fourth-order valence-corrected chi connectivity index (χ4v) is 2.02. The highest BCUT2D eigenvalue weighted by Crippen LogP contribution is 2.30. The van der Waals surface area contributed by atoms with Crippen LogP contribution >= 0.6 is 0 Å². The zero-order valence-electron chi connectivity index (χ0n) is 11.3. The molecular formula is C13H11F3O5S. The Labute approximate surface area is 125 Å². The highest BCUT2D eigenvalue weighted by molar-refractivity contribution is 7.81. The van der Waals surface area contributed by atoms with Crippen molar-refractivity contribution in [1.29, 1.82) is 0 Å². The van der Waals surface area contributed by atoms with Crippen LogP contribution in [-0.2, 0) is 11.1 Å². The average Bonchev–Trinajstić information content (AvgIpc) is 2.43. The van der Waals surface area contributed by atoms with Gasteiger partial charge in [-0.3, -0.25) is 0 Å². The van der Waals surface area contributed by atoms with Gasteiger partial charge in [0.25, 0.3) is 0 Å². The highest BCUT2D eigenvalue weighted by atomic mass is 32.2. The molecule has 0 saturated heterocycles. The van der Waals surface area contributed by atoms with E-state index in [0.29, 0.717) is 18.4 Å². The molecule has 2 aromatic rings. The molecule has 0 fully saturated rings. The van der Waals surface area contributed by atoms with E-state index in [1.54, 1.807) is 0 Å². The molecule has 5 nitrogen and oxygen atoms in total. The zero-order chi connectivity index (χ0) is 16.3. The second-order valence-electron chi connectivity index (χ2n) is 4.20. The maximum absolute atomic E-state index is 12.3. The van der Waals surface area contributed by atoms with E-state index in [4.69, 9.17) is 9.15 Å². The van der Waals surface area contributed by atoms with Crippen LogP contribution < -0.4 is 14.5 Å². The first-order chi connectivity index (χ1) is 10.3. The van der Waals surface area contributed by atoms with E-state index in [-0.39, 0.29) is 11.0 Å². The van der Waals surface area contributed by atoms with Crippen LogP contribution in [-0.4, -0.2) is 16.3 Å². The van der Waals surface area contributed by atoms with Crippen molar-refractivity contribution >= 4 is 22.0 Å². The van der Waals surface area contributed by atoms with Gasteiger partial charge >= 0.3 is 22.2 Å². The third kappa shape index (κ3) is 3.79. The molecule has 0 aliphatic heterocycles. The van der Waals surface area contributed by atoms with Crippen LogP contribution in [0.3, 0.4) is 0 Å². The average molecular weight is 336 g/mol. The summed E-state index contributed by atoms with van der Waals surface area (Å²) in [5, 5.41) is 0.0843. The van der Waals surface area contributed by atoms with Crippen molar-refractivity contribution in [2.45, 2.75) is 18.9 Å². The van der Waals surface area contributed by atoms with Crippen LogP contribution in [0.4, 0.5) is 13.2 Å². The second kappa shape index (κ2) is 6.39. The largest absolute Gasteiger partial charge is 0.508 e. The van der Waals surface area contributed by atoms with Crippen molar-refractivity contribution in [1.82, 2.24) is 0 Å². The van der Waals surface area contributed by atoms with Crippen molar-refractivity contribution in [3.05, 3.63) is 34.7 Å². The van der Waals surface area contributed by atoms with Gasteiger partial charge in [0, 0.05) is 6.07 Å². The van der Waals surface area contributed by atoms with Gasteiger partial charge in [-0.05, 0) is 18.6 Å². The molecule has 0 bridgehead atoms. The summed E-state index contributed by atoms with van der Waals surface area (Å²) < 4.78 is 62.5. The number of rotatable bonds is 5. The van der Waals surface area contributed by atoms with Crippen LogP contribution in [0.1, 0.15) is 13.3 Å². The Bertz CT molecular complexity index is 753. The zero-order valence-corrected chi connectivity index (χ0v) is 12.1. The number of ether oxygens (including phenoxy) is 1. The van der Waals surface area contributed by atoms with E-state index in [2.05, 4.69) is 4.18 Å². The molecule has 0 saturated carbocycles. The van der Waals surface area contributed by atoms with Crippen LogP contribution in [0.25, 0.3) is 11.0 Å². The Kier molecular flexibility index (Phi) is 4.74. The molecule has 0 spiro atoms. The first-order valence-corrected chi connectivity index (χ1v) is 7.26. The lowest BCUT2D eigenvalue weighted by molar-refractivity contribution is -0.0437. The van der Waals surface area contributed by atoms with E-state index in [9.17, 15) is 22.2 Å². The van der Waals surface area contributed by atoms with Gasteiger partial charge in [0.15, 0.2) is 5.75 Å². The fraction of sp³-hybridized carbons (Fsp3) is 0.308. The molecule has 0 N–H and O–H groups in total. The van der Waals surface area contributed by atoms with E-state index in [0.717, 1.165) is 6.42 Å². The van der Waals surface area contributed by atoms with Gasteiger partial charge in [-0.15, -0.1) is 0 Å². The minimum atomic E-state index is -5.05. The van der Waals surface area contributed by atoms with E-state index < -0.39 is 28.0 Å². The predicted molar refractivity (Wildman–Crippen MR) is 73.1 cm³/mol. The van der Waals surface area contributed by atoms with E-state index in [1.807, 2.05) is 6.92 Å². The number of hydrogen-bond donors (Lipinski definition) is 0. The Morgan fingerprint density at radius 3 is 2.64 bits per heavy atom. The van der Waals surface area contributed by atoms with Gasteiger partial charge < -0.3 is 13.3 Å². The molecule has 0 radical (unpaired) electrons. The Morgan fingerprint density at radius 1 is 1.27 bits per heavy atom. The number of fused-ring (bicyclic) bond motifs is 1. The van der Waals surface area contributed by atoms with E-state index in [1.165, 1.54) is 18.2 Å². The van der Waals surface area contributed by atoms with Gasteiger partial charge in [-0.1, -0.05) is 6.92 Å². The molecule has 1 heterocycles. The van der Waals surface area contributed by atoms with Crippen molar-refractivity contribution in [2.24, 2.45) is 0 Å². The summed E-state index contributed by atoms with van der Waals surface area (Å²) in [5.41, 5.74) is -5.99. The summed E-state index contributed by atoms with van der Waals surface area (Å²) in [5.74, 6) is -0.0736. The molecule has 1 unspecified atom stereocenters. The standard InChI is InChI=1S/C13H11F3O5S/c1-2-5-19-8-3-4-9-10(6-8)20-12(17)7-11(9)21-22(18)13(14,15)16/h3-4,6-7H,2,5H2,1H3. The summed E-state index contributed by atoms with van der Waals surface area (Å²) in [6.45, 7) is 2.34. The van der Waals surface area contributed by atoms with Gasteiger partial charge in [-0.25, -0.2) is 9.00 Å². The monoisotopic (exact) mass is 336 g/mol. The molecule has 22 heavy (non-hydrogen) atoms. The predicted octanol–water partition coefficient (Wildman–Crippen LogP) is 3.14. The first-order valence-electron chi connectivity index (χ1n) is 6.19. The van der Waals surface area contributed by atoms with Crippen molar-refractivity contribution in [3.8, 4) is 11.5 Å². The van der Waals surface area contributed by atoms with Crippen LogP contribution in [0.5, 0.6) is 11.5 Å². The fourth-order valence-electron chi connectivity index (χ4n) is 1.62. The molecule has 1 aromatic heterocycles. The lowest BCUT2D eigenvalue weighted by Gasteiger charge is -2.10. The molecular weight excluding hydrogens is 325 g/mol. The van der Waals surface area contributed by atoms with Gasteiger partial charge in [-0.2, -0.15) is 13.2 Å². The summed E-state index contributed by atoms with van der Waals surface area (Å²) >= 11 is -3.57. The highest BCUT2D eigenvalue weighted by Gasteiger charge is 2.40. The van der Waals surface area contributed by atoms with Crippen LogP contribution in [0.2, 0.25) is 0 Å². The van der Waals surface area contributed by atoms with Crippen LogP contribution in [0, 0.1) is 0 Å².